The zero-order valence-corrected chi connectivity index (χ0v) is 15.6. The maximum Gasteiger partial charge on any atom is 0.339 e. The number of hydrogen-bond acceptors (Lipinski definition) is 3. The van der Waals surface area contributed by atoms with Crippen LogP contribution in [-0.2, 0) is 16.1 Å². The van der Waals surface area contributed by atoms with Crippen LogP contribution < -0.4 is 5.32 Å². The van der Waals surface area contributed by atoms with Crippen LogP contribution in [-0.4, -0.2) is 29.1 Å². The van der Waals surface area contributed by atoms with Crippen molar-refractivity contribution in [1.82, 2.24) is 9.88 Å². The Morgan fingerprint density at radius 1 is 1.23 bits per heavy atom. The molecule has 26 heavy (non-hydrogen) atoms. The number of carbonyl (C=O) groups is 2. The predicted molar refractivity (Wildman–Crippen MR) is 98.4 cm³/mol. The highest BCUT2D eigenvalue weighted by Gasteiger charge is 2.21. The highest BCUT2D eigenvalue weighted by molar-refractivity contribution is 5.93. The molecule has 2 aromatic rings. The minimum Gasteiger partial charge on any atom is -0.462 e. The van der Waals surface area contributed by atoms with Gasteiger partial charge in [0.05, 0.1) is 12.2 Å². The van der Waals surface area contributed by atoms with Crippen molar-refractivity contribution in [2.45, 2.75) is 46.7 Å². The second-order valence-corrected chi connectivity index (χ2v) is 6.22. The summed E-state index contributed by atoms with van der Waals surface area (Å²) in [5.41, 5.74) is 2.44. The summed E-state index contributed by atoms with van der Waals surface area (Å²) >= 11 is 0. The van der Waals surface area contributed by atoms with E-state index in [0.29, 0.717) is 17.0 Å². The Balaban J connectivity index is 2.44. The number of rotatable bonds is 7. The Bertz CT molecular complexity index is 781. The average Bonchev–Trinajstić information content (AvgIpc) is 2.92. The van der Waals surface area contributed by atoms with Gasteiger partial charge < -0.3 is 14.6 Å². The molecule has 1 atom stereocenters. The van der Waals surface area contributed by atoms with Gasteiger partial charge in [-0.15, -0.1) is 0 Å². The van der Waals surface area contributed by atoms with E-state index in [-0.39, 0.29) is 30.9 Å². The Kier molecular flexibility index (Phi) is 6.55. The largest absolute Gasteiger partial charge is 0.462 e. The molecular formula is C20H25FN2O3. The van der Waals surface area contributed by atoms with Gasteiger partial charge in [-0.25, -0.2) is 9.18 Å². The first kappa shape index (κ1) is 19.7. The molecule has 1 amide bonds. The van der Waals surface area contributed by atoms with Gasteiger partial charge in [0.15, 0.2) is 0 Å². The lowest BCUT2D eigenvalue weighted by Crippen LogP contribution is -2.35. The fourth-order valence-corrected chi connectivity index (χ4v) is 2.69. The summed E-state index contributed by atoms with van der Waals surface area (Å²) < 4.78 is 20.1. The first-order valence-corrected chi connectivity index (χ1v) is 8.79. The molecule has 0 unspecified atom stereocenters. The van der Waals surface area contributed by atoms with Gasteiger partial charge >= 0.3 is 5.97 Å². The lowest BCUT2D eigenvalue weighted by atomic mass is 10.1. The molecule has 5 nitrogen and oxygen atoms in total. The van der Waals surface area contributed by atoms with E-state index in [0.717, 1.165) is 12.0 Å². The normalized spacial score (nSPS) is 11.9. The summed E-state index contributed by atoms with van der Waals surface area (Å²) in [7, 11) is 0. The van der Waals surface area contributed by atoms with Gasteiger partial charge in [0.25, 0.3) is 0 Å². The van der Waals surface area contributed by atoms with E-state index in [2.05, 4.69) is 5.32 Å². The molecule has 0 spiro atoms. The Morgan fingerprint density at radius 3 is 2.46 bits per heavy atom. The van der Waals surface area contributed by atoms with Gasteiger partial charge in [0.2, 0.25) is 5.91 Å². The van der Waals surface area contributed by atoms with Crippen molar-refractivity contribution in [1.29, 1.82) is 0 Å². The molecule has 0 saturated carbocycles. The standard InChI is InChI=1S/C20H25FN2O3/c1-5-13(3)22-19(24)12-23-14(4)17(20(25)26-6-2)11-18(23)15-7-9-16(21)10-8-15/h7-11,13H,5-6,12H2,1-4H3,(H,22,24)/t13-/m0/s1. The van der Waals surface area contributed by atoms with Crippen LogP contribution in [0.15, 0.2) is 30.3 Å². The highest BCUT2D eigenvalue weighted by Crippen LogP contribution is 2.27. The van der Waals surface area contributed by atoms with Gasteiger partial charge in [-0.1, -0.05) is 6.92 Å². The van der Waals surface area contributed by atoms with E-state index in [1.54, 1.807) is 36.6 Å². The fourth-order valence-electron chi connectivity index (χ4n) is 2.69. The van der Waals surface area contributed by atoms with Crippen molar-refractivity contribution in [3.8, 4) is 11.3 Å². The first-order chi connectivity index (χ1) is 12.4. The number of ether oxygens (including phenoxy) is 1. The van der Waals surface area contributed by atoms with Crippen molar-refractivity contribution in [3.63, 3.8) is 0 Å². The molecule has 1 aromatic carbocycles. The molecule has 0 aliphatic heterocycles. The lowest BCUT2D eigenvalue weighted by Gasteiger charge is -2.15. The summed E-state index contributed by atoms with van der Waals surface area (Å²) in [4.78, 5) is 24.6. The number of amides is 1. The molecule has 1 heterocycles. The van der Waals surface area contributed by atoms with E-state index in [1.807, 2.05) is 13.8 Å². The first-order valence-electron chi connectivity index (χ1n) is 8.79. The predicted octanol–water partition coefficient (Wildman–Crippen LogP) is 3.69. The molecule has 140 valence electrons. The second kappa shape index (κ2) is 8.65. The molecule has 0 fully saturated rings. The topological polar surface area (TPSA) is 60.3 Å². The number of hydrogen-bond donors (Lipinski definition) is 1. The summed E-state index contributed by atoms with van der Waals surface area (Å²) in [6, 6.07) is 7.72. The number of esters is 1. The molecule has 0 radical (unpaired) electrons. The van der Waals surface area contributed by atoms with E-state index in [1.165, 1.54) is 12.1 Å². The average molecular weight is 360 g/mol. The monoisotopic (exact) mass is 360 g/mol. The Labute approximate surface area is 153 Å². The van der Waals surface area contributed by atoms with Crippen LogP contribution in [0.5, 0.6) is 0 Å². The quantitative estimate of drug-likeness (QED) is 0.766. The number of aromatic nitrogens is 1. The summed E-state index contributed by atoms with van der Waals surface area (Å²) in [5, 5.41) is 2.92. The number of benzene rings is 1. The van der Waals surface area contributed by atoms with Crippen LogP contribution in [0.2, 0.25) is 0 Å². The summed E-state index contributed by atoms with van der Waals surface area (Å²) in [6.07, 6.45) is 0.829. The van der Waals surface area contributed by atoms with Crippen molar-refractivity contribution in [3.05, 3.63) is 47.4 Å². The number of nitrogens with one attached hydrogen (secondary N) is 1. The van der Waals surface area contributed by atoms with Crippen molar-refractivity contribution < 1.29 is 18.7 Å². The van der Waals surface area contributed by atoms with Gasteiger partial charge in [-0.05, 0) is 63.1 Å². The molecule has 0 aliphatic carbocycles. The number of carbonyl (C=O) groups excluding carboxylic acids is 2. The Morgan fingerprint density at radius 2 is 1.88 bits per heavy atom. The minimum absolute atomic E-state index is 0.0668. The zero-order valence-electron chi connectivity index (χ0n) is 15.6. The van der Waals surface area contributed by atoms with Gasteiger partial charge in [-0.2, -0.15) is 0 Å². The number of nitrogens with zero attached hydrogens (tertiary/aromatic N) is 1. The zero-order chi connectivity index (χ0) is 19.3. The van der Waals surface area contributed by atoms with Crippen LogP contribution in [0.4, 0.5) is 4.39 Å². The van der Waals surface area contributed by atoms with Gasteiger partial charge in [0, 0.05) is 17.4 Å². The van der Waals surface area contributed by atoms with E-state index in [9.17, 15) is 14.0 Å². The smallest absolute Gasteiger partial charge is 0.339 e. The third-order valence-corrected chi connectivity index (χ3v) is 4.32. The van der Waals surface area contributed by atoms with Crippen molar-refractivity contribution in [2.75, 3.05) is 6.61 Å². The summed E-state index contributed by atoms with van der Waals surface area (Å²) in [6.45, 7) is 7.78. The van der Waals surface area contributed by atoms with Crippen LogP contribution in [0.1, 0.15) is 43.2 Å². The van der Waals surface area contributed by atoms with Crippen LogP contribution in [0.3, 0.4) is 0 Å². The molecule has 0 saturated heterocycles. The van der Waals surface area contributed by atoms with Crippen molar-refractivity contribution in [2.24, 2.45) is 0 Å². The maximum atomic E-state index is 13.3. The molecule has 0 aliphatic rings. The summed E-state index contributed by atoms with van der Waals surface area (Å²) in [5.74, 6) is -0.921. The molecular weight excluding hydrogens is 335 g/mol. The second-order valence-electron chi connectivity index (χ2n) is 6.22. The van der Waals surface area contributed by atoms with Crippen LogP contribution in [0, 0.1) is 12.7 Å². The molecule has 0 bridgehead atoms. The number of halogens is 1. The third kappa shape index (κ3) is 4.50. The van der Waals surface area contributed by atoms with E-state index < -0.39 is 5.97 Å². The molecule has 6 heteroatoms. The SMILES string of the molecule is CCOC(=O)c1cc(-c2ccc(F)cc2)n(CC(=O)N[C@@H](C)CC)c1C. The maximum absolute atomic E-state index is 13.3. The Hall–Kier alpha value is -2.63. The fraction of sp³-hybridized carbons (Fsp3) is 0.400. The molecule has 1 N–H and O–H groups in total. The van der Waals surface area contributed by atoms with Gasteiger partial charge in [0.1, 0.15) is 12.4 Å². The highest BCUT2D eigenvalue weighted by atomic mass is 19.1. The lowest BCUT2D eigenvalue weighted by molar-refractivity contribution is -0.122. The minimum atomic E-state index is -0.436. The van der Waals surface area contributed by atoms with E-state index >= 15 is 0 Å². The van der Waals surface area contributed by atoms with Crippen LogP contribution >= 0.6 is 0 Å². The van der Waals surface area contributed by atoms with Crippen molar-refractivity contribution >= 4 is 11.9 Å². The third-order valence-electron chi connectivity index (χ3n) is 4.32. The van der Waals surface area contributed by atoms with E-state index in [4.69, 9.17) is 4.74 Å². The molecule has 1 aromatic heterocycles. The molecule has 2 rings (SSSR count). The van der Waals surface area contributed by atoms with Gasteiger partial charge in [-0.3, -0.25) is 4.79 Å². The van der Waals surface area contributed by atoms with Crippen LogP contribution in [0.25, 0.3) is 11.3 Å².